The smallest absolute Gasteiger partial charge is 0.411 e. The van der Waals surface area contributed by atoms with Gasteiger partial charge in [0.25, 0.3) is 0 Å². The lowest BCUT2D eigenvalue weighted by molar-refractivity contribution is 0.0593. The number of nitrogens with zero attached hydrogens (tertiary/aromatic N) is 2. The second-order valence-corrected chi connectivity index (χ2v) is 4.78. The maximum absolute atomic E-state index is 12.0. The summed E-state index contributed by atoms with van der Waals surface area (Å²) in [7, 11) is 3.88. The largest absolute Gasteiger partial charge is 0.494 e. The Bertz CT molecular complexity index is 866. The summed E-state index contributed by atoms with van der Waals surface area (Å²) in [6, 6.07) is 6.66. The highest BCUT2D eigenvalue weighted by Crippen LogP contribution is 2.31. The van der Waals surface area contributed by atoms with Crippen molar-refractivity contribution < 1.29 is 23.8 Å². The molecule has 1 aromatic carbocycles. The van der Waals surface area contributed by atoms with Gasteiger partial charge in [-0.1, -0.05) is 0 Å². The molecule has 25 heavy (non-hydrogen) atoms. The number of aromatic nitrogens is 1. The van der Waals surface area contributed by atoms with Gasteiger partial charge in [0.2, 0.25) is 0 Å². The zero-order valence-electron chi connectivity index (χ0n) is 13.8. The van der Waals surface area contributed by atoms with Crippen molar-refractivity contribution in [3.05, 3.63) is 35.7 Å². The molecule has 0 bridgehead atoms. The van der Waals surface area contributed by atoms with Crippen LogP contribution in [0.5, 0.6) is 5.75 Å². The van der Waals surface area contributed by atoms with Crippen LogP contribution in [-0.4, -0.2) is 38.0 Å². The number of carbonyl (C=O) groups is 2. The molecule has 1 aromatic heterocycles. The van der Waals surface area contributed by atoms with Crippen LogP contribution in [0.2, 0.25) is 0 Å². The van der Waals surface area contributed by atoms with Crippen molar-refractivity contribution in [1.29, 1.82) is 5.26 Å². The number of methoxy groups -OCH3 is 3. The summed E-state index contributed by atoms with van der Waals surface area (Å²) in [6.45, 7) is 0. The van der Waals surface area contributed by atoms with Gasteiger partial charge >= 0.3 is 12.1 Å². The molecule has 0 fully saturated rings. The van der Waals surface area contributed by atoms with Crippen molar-refractivity contribution in [1.82, 2.24) is 4.57 Å². The molecule has 9 heteroatoms. The first-order chi connectivity index (χ1) is 12.0. The molecule has 9 nitrogen and oxygen atoms in total. The fourth-order valence-corrected chi connectivity index (χ4v) is 2.21. The van der Waals surface area contributed by atoms with Gasteiger partial charge in [-0.2, -0.15) is 5.26 Å². The van der Waals surface area contributed by atoms with Crippen LogP contribution >= 0.6 is 0 Å². The van der Waals surface area contributed by atoms with Gasteiger partial charge in [0.05, 0.1) is 38.3 Å². The van der Waals surface area contributed by atoms with Crippen LogP contribution in [0.4, 0.5) is 16.2 Å². The maximum Gasteiger partial charge on any atom is 0.411 e. The molecule has 0 saturated heterocycles. The van der Waals surface area contributed by atoms with Crippen molar-refractivity contribution in [2.45, 2.75) is 0 Å². The molecule has 0 aliphatic heterocycles. The van der Waals surface area contributed by atoms with Crippen molar-refractivity contribution >= 4 is 23.4 Å². The highest BCUT2D eigenvalue weighted by Gasteiger charge is 2.22. The normalized spacial score (nSPS) is 9.84. The average molecular weight is 344 g/mol. The molecular weight excluding hydrogens is 328 g/mol. The Morgan fingerprint density at radius 2 is 1.96 bits per heavy atom. The predicted octanol–water partition coefficient (Wildman–Crippen LogP) is 1.90. The first-order valence-electron chi connectivity index (χ1n) is 6.99. The Hall–Kier alpha value is -3.67. The van der Waals surface area contributed by atoms with Gasteiger partial charge in [0.15, 0.2) is 5.69 Å². The third-order valence-corrected chi connectivity index (χ3v) is 3.43. The molecule has 0 aliphatic carbocycles. The van der Waals surface area contributed by atoms with Gasteiger partial charge in [-0.15, -0.1) is 0 Å². The van der Waals surface area contributed by atoms with Gasteiger partial charge in [-0.25, -0.2) is 9.59 Å². The van der Waals surface area contributed by atoms with Gasteiger partial charge in [0.1, 0.15) is 11.8 Å². The number of nitrogen functional groups attached to an aromatic ring is 1. The van der Waals surface area contributed by atoms with E-state index < -0.39 is 12.1 Å². The molecule has 0 aliphatic rings. The number of nitrogens with one attached hydrogen (secondary N) is 1. The van der Waals surface area contributed by atoms with Crippen LogP contribution in [-0.2, 0) is 9.47 Å². The number of nitriles is 1. The van der Waals surface area contributed by atoms with Crippen LogP contribution < -0.4 is 15.8 Å². The number of benzene rings is 1. The van der Waals surface area contributed by atoms with Crippen LogP contribution in [0.3, 0.4) is 0 Å². The fraction of sp³-hybridized carbons (Fsp3) is 0.188. The maximum atomic E-state index is 12.0. The number of esters is 1. The van der Waals surface area contributed by atoms with E-state index in [0.29, 0.717) is 17.1 Å². The third kappa shape index (κ3) is 3.32. The molecule has 0 unspecified atom stereocenters. The van der Waals surface area contributed by atoms with Crippen molar-refractivity contribution in [3.8, 4) is 17.5 Å². The number of amides is 1. The van der Waals surface area contributed by atoms with E-state index in [1.54, 1.807) is 18.2 Å². The summed E-state index contributed by atoms with van der Waals surface area (Å²) in [6.07, 6.45) is 0.766. The topological polar surface area (TPSA) is 129 Å². The molecule has 0 atom stereocenters. The monoisotopic (exact) mass is 344 g/mol. The first-order valence-corrected chi connectivity index (χ1v) is 6.99. The minimum absolute atomic E-state index is 0.0186. The average Bonchev–Trinajstić information content (AvgIpc) is 2.97. The lowest BCUT2D eigenvalue weighted by Gasteiger charge is -2.13. The zero-order valence-corrected chi connectivity index (χ0v) is 13.8. The minimum atomic E-state index is -0.685. The summed E-state index contributed by atoms with van der Waals surface area (Å²) in [5.41, 5.74) is 6.90. The molecule has 2 aromatic rings. The molecular formula is C16H16N4O5. The summed E-state index contributed by atoms with van der Waals surface area (Å²) in [5.74, 6) is -0.362. The van der Waals surface area contributed by atoms with E-state index in [1.165, 1.54) is 32.1 Å². The lowest BCUT2D eigenvalue weighted by Crippen LogP contribution is -2.13. The number of hydrogen-bond acceptors (Lipinski definition) is 7. The molecule has 0 spiro atoms. The fourth-order valence-electron chi connectivity index (χ4n) is 2.21. The Labute approximate surface area is 143 Å². The standard InChI is InChI=1S/C16H16N4O5/c1-23-12-6-10(4-5-11(12)19-16(22)25-3)20-8-9(7-17)13(18)14(20)15(21)24-2/h4-6,8H,18H2,1-3H3,(H,19,22). The Kier molecular flexibility index (Phi) is 5.14. The molecule has 0 radical (unpaired) electrons. The van der Waals surface area contributed by atoms with E-state index in [0.717, 1.165) is 0 Å². The minimum Gasteiger partial charge on any atom is -0.494 e. The molecule has 130 valence electrons. The zero-order chi connectivity index (χ0) is 18.6. The van der Waals surface area contributed by atoms with E-state index in [2.05, 4.69) is 10.1 Å². The van der Waals surface area contributed by atoms with E-state index in [4.69, 9.17) is 20.5 Å². The van der Waals surface area contributed by atoms with E-state index in [9.17, 15) is 9.59 Å². The van der Waals surface area contributed by atoms with Gasteiger partial charge < -0.3 is 24.5 Å². The highest BCUT2D eigenvalue weighted by atomic mass is 16.5. The Morgan fingerprint density at radius 1 is 1.24 bits per heavy atom. The van der Waals surface area contributed by atoms with Crippen LogP contribution in [0.1, 0.15) is 16.1 Å². The van der Waals surface area contributed by atoms with E-state index in [1.807, 2.05) is 6.07 Å². The van der Waals surface area contributed by atoms with Crippen LogP contribution in [0, 0.1) is 11.3 Å². The van der Waals surface area contributed by atoms with Gasteiger partial charge in [0, 0.05) is 18.0 Å². The molecule has 2 rings (SSSR count). The molecule has 3 N–H and O–H groups in total. The Balaban J connectivity index is 2.58. The van der Waals surface area contributed by atoms with Crippen LogP contribution in [0.25, 0.3) is 5.69 Å². The predicted molar refractivity (Wildman–Crippen MR) is 88.8 cm³/mol. The summed E-state index contributed by atoms with van der Waals surface area (Å²) >= 11 is 0. The number of hydrogen-bond donors (Lipinski definition) is 2. The van der Waals surface area contributed by atoms with Crippen molar-refractivity contribution in [2.24, 2.45) is 0 Å². The summed E-state index contributed by atoms with van der Waals surface area (Å²) in [5, 5.41) is 11.6. The van der Waals surface area contributed by atoms with E-state index in [-0.39, 0.29) is 16.9 Å². The highest BCUT2D eigenvalue weighted by molar-refractivity contribution is 5.96. The quantitative estimate of drug-likeness (QED) is 0.810. The van der Waals surface area contributed by atoms with Crippen LogP contribution in [0.15, 0.2) is 24.4 Å². The van der Waals surface area contributed by atoms with Crippen molar-refractivity contribution in [3.63, 3.8) is 0 Å². The van der Waals surface area contributed by atoms with E-state index >= 15 is 0 Å². The second-order valence-electron chi connectivity index (χ2n) is 4.78. The summed E-state index contributed by atoms with van der Waals surface area (Å²) in [4.78, 5) is 23.4. The summed E-state index contributed by atoms with van der Waals surface area (Å²) < 4.78 is 15.9. The molecule has 1 amide bonds. The lowest BCUT2D eigenvalue weighted by atomic mass is 10.2. The van der Waals surface area contributed by atoms with Gasteiger partial charge in [-0.3, -0.25) is 5.32 Å². The Morgan fingerprint density at radius 3 is 2.52 bits per heavy atom. The third-order valence-electron chi connectivity index (χ3n) is 3.43. The van der Waals surface area contributed by atoms with Crippen molar-refractivity contribution in [2.75, 3.05) is 32.4 Å². The SMILES string of the molecule is COC(=O)Nc1ccc(-n2cc(C#N)c(N)c2C(=O)OC)cc1OC. The number of anilines is 2. The number of carbonyl (C=O) groups excluding carboxylic acids is 2. The number of ether oxygens (including phenoxy) is 3. The first kappa shape index (κ1) is 17.7. The molecule has 0 saturated carbocycles. The number of rotatable bonds is 4. The second kappa shape index (κ2) is 7.27. The number of nitrogens with two attached hydrogens (primary N) is 1. The van der Waals surface area contributed by atoms with Gasteiger partial charge in [-0.05, 0) is 12.1 Å². The molecule has 1 heterocycles.